The molecule has 7 heteroatoms. The molecule has 1 aliphatic heterocycles. The molecule has 6 nitrogen and oxygen atoms in total. The highest BCUT2D eigenvalue weighted by atomic mass is 35.5. The normalized spacial score (nSPS) is 13.2. The van der Waals surface area contributed by atoms with Crippen molar-refractivity contribution in [2.45, 2.75) is 26.3 Å². The van der Waals surface area contributed by atoms with Crippen LogP contribution in [0.5, 0.6) is 11.5 Å². The van der Waals surface area contributed by atoms with E-state index in [1.54, 1.807) is 42.5 Å². The first kappa shape index (κ1) is 20.7. The molecule has 0 aliphatic carbocycles. The average Bonchev–Trinajstić information content (AvgIpc) is 2.65. The second-order valence-electron chi connectivity index (χ2n) is 7.60. The van der Waals surface area contributed by atoms with Crippen LogP contribution in [-0.4, -0.2) is 30.6 Å². The zero-order valence-electron chi connectivity index (χ0n) is 16.5. The van der Waals surface area contributed by atoms with Gasteiger partial charge in [-0.1, -0.05) is 23.7 Å². The molecule has 2 N–H and O–H groups in total. The Morgan fingerprint density at radius 2 is 1.83 bits per heavy atom. The number of hydrogen-bond acceptors (Lipinski definition) is 4. The number of fused-ring (bicyclic) bond motifs is 1. The van der Waals surface area contributed by atoms with Crippen LogP contribution >= 0.6 is 11.6 Å². The molecule has 2 aromatic rings. The summed E-state index contributed by atoms with van der Waals surface area (Å²) in [4.78, 5) is 24.9. The van der Waals surface area contributed by atoms with Gasteiger partial charge in [-0.05, 0) is 56.7 Å². The van der Waals surface area contributed by atoms with Crippen LogP contribution in [0.15, 0.2) is 42.5 Å². The minimum Gasteiger partial charge on any atom is -0.486 e. The van der Waals surface area contributed by atoms with Crippen LogP contribution in [0, 0.1) is 0 Å². The molecule has 0 saturated heterocycles. The Labute approximate surface area is 174 Å². The van der Waals surface area contributed by atoms with Gasteiger partial charge in [-0.3, -0.25) is 9.59 Å². The lowest BCUT2D eigenvalue weighted by molar-refractivity contribution is -0.111. The van der Waals surface area contributed by atoms with Crippen LogP contribution in [0.1, 0.15) is 36.7 Å². The van der Waals surface area contributed by atoms with Crippen LogP contribution in [0.2, 0.25) is 5.02 Å². The number of para-hydroxylation sites is 1. The average molecular weight is 415 g/mol. The molecule has 0 bridgehead atoms. The van der Waals surface area contributed by atoms with Gasteiger partial charge in [0.15, 0.2) is 11.5 Å². The van der Waals surface area contributed by atoms with E-state index in [1.807, 2.05) is 20.8 Å². The molecule has 1 aliphatic rings. The number of rotatable bonds is 4. The Bertz CT molecular complexity index is 964. The molecule has 29 heavy (non-hydrogen) atoms. The van der Waals surface area contributed by atoms with E-state index in [0.717, 1.165) is 0 Å². The Hall–Kier alpha value is -2.99. The molecule has 1 heterocycles. The number of anilines is 1. The quantitative estimate of drug-likeness (QED) is 0.731. The first-order valence-corrected chi connectivity index (χ1v) is 9.60. The molecule has 0 radical (unpaired) electrons. The van der Waals surface area contributed by atoms with Crippen molar-refractivity contribution in [2.75, 3.05) is 18.5 Å². The minimum atomic E-state index is -0.383. The number of halogens is 1. The monoisotopic (exact) mass is 414 g/mol. The fourth-order valence-corrected chi connectivity index (χ4v) is 3.05. The summed E-state index contributed by atoms with van der Waals surface area (Å²) >= 11 is 6.22. The zero-order valence-corrected chi connectivity index (χ0v) is 17.3. The van der Waals surface area contributed by atoms with Crippen LogP contribution in [0.25, 0.3) is 6.08 Å². The van der Waals surface area contributed by atoms with Gasteiger partial charge in [0.1, 0.15) is 13.2 Å². The third kappa shape index (κ3) is 5.51. The summed E-state index contributed by atoms with van der Waals surface area (Å²) in [5, 5.41) is 6.06. The highest BCUT2D eigenvalue weighted by Gasteiger charge is 2.19. The smallest absolute Gasteiger partial charge is 0.253 e. The van der Waals surface area contributed by atoms with Gasteiger partial charge in [0.25, 0.3) is 5.91 Å². The van der Waals surface area contributed by atoms with Crippen molar-refractivity contribution in [1.29, 1.82) is 0 Å². The van der Waals surface area contributed by atoms with E-state index in [9.17, 15) is 9.59 Å². The molecule has 0 atom stereocenters. The fourth-order valence-electron chi connectivity index (χ4n) is 2.77. The fraction of sp³-hybridized carbons (Fsp3) is 0.273. The predicted octanol–water partition coefficient (Wildman–Crippen LogP) is 4.29. The van der Waals surface area contributed by atoms with Gasteiger partial charge in [0, 0.05) is 11.6 Å². The molecular formula is C22H23ClN2O4. The van der Waals surface area contributed by atoms with Crippen molar-refractivity contribution in [3.63, 3.8) is 0 Å². The van der Waals surface area contributed by atoms with Gasteiger partial charge in [-0.25, -0.2) is 0 Å². The summed E-state index contributed by atoms with van der Waals surface area (Å²) in [5.41, 5.74) is 1.15. The third-order valence-electron chi connectivity index (χ3n) is 3.96. The Kier molecular flexibility index (Phi) is 6.13. The van der Waals surface area contributed by atoms with Crippen LogP contribution in [0.3, 0.4) is 0 Å². The standard InChI is InChI=1S/C22H23ClN2O4/c1-22(2,3)25-21(27)15-6-4-5-7-17(15)24-19(26)9-8-14-12-16(23)20-18(13-14)28-10-11-29-20/h4-9,12-13H,10-11H2,1-3H3,(H,24,26)(H,25,27). The number of carbonyl (C=O) groups is 2. The summed E-state index contributed by atoms with van der Waals surface area (Å²) < 4.78 is 11.0. The second-order valence-corrected chi connectivity index (χ2v) is 8.01. The summed E-state index contributed by atoms with van der Waals surface area (Å²) in [6.07, 6.45) is 3.00. The summed E-state index contributed by atoms with van der Waals surface area (Å²) in [6, 6.07) is 10.3. The van der Waals surface area contributed by atoms with Crippen molar-refractivity contribution in [2.24, 2.45) is 0 Å². The van der Waals surface area contributed by atoms with Crippen LogP contribution in [-0.2, 0) is 4.79 Å². The molecule has 0 fully saturated rings. The number of carbonyl (C=O) groups excluding carboxylic acids is 2. The maximum absolute atomic E-state index is 12.5. The lowest BCUT2D eigenvalue weighted by Gasteiger charge is -2.21. The van der Waals surface area contributed by atoms with Crippen molar-refractivity contribution in [1.82, 2.24) is 5.32 Å². The first-order valence-electron chi connectivity index (χ1n) is 9.23. The van der Waals surface area contributed by atoms with Crippen molar-refractivity contribution < 1.29 is 19.1 Å². The van der Waals surface area contributed by atoms with Crippen molar-refractivity contribution in [3.05, 3.63) is 58.6 Å². The van der Waals surface area contributed by atoms with E-state index < -0.39 is 0 Å². The molecule has 2 aromatic carbocycles. The van der Waals surface area contributed by atoms with E-state index in [2.05, 4.69) is 10.6 Å². The molecule has 3 rings (SSSR count). The number of hydrogen-bond donors (Lipinski definition) is 2. The highest BCUT2D eigenvalue weighted by Crippen LogP contribution is 2.38. The molecule has 2 amide bonds. The Morgan fingerprint density at radius 1 is 1.10 bits per heavy atom. The minimum absolute atomic E-state index is 0.254. The maximum atomic E-state index is 12.5. The lowest BCUT2D eigenvalue weighted by Crippen LogP contribution is -2.40. The van der Waals surface area contributed by atoms with Crippen LogP contribution in [0.4, 0.5) is 5.69 Å². The third-order valence-corrected chi connectivity index (χ3v) is 4.25. The predicted molar refractivity (Wildman–Crippen MR) is 114 cm³/mol. The van der Waals surface area contributed by atoms with E-state index in [0.29, 0.717) is 46.5 Å². The summed E-state index contributed by atoms with van der Waals surface area (Å²) in [5.74, 6) is 0.439. The Balaban J connectivity index is 1.73. The molecule has 0 unspecified atom stereocenters. The van der Waals surface area contributed by atoms with Crippen molar-refractivity contribution in [3.8, 4) is 11.5 Å². The number of nitrogens with one attached hydrogen (secondary N) is 2. The molecule has 0 aromatic heterocycles. The summed E-state index contributed by atoms with van der Waals surface area (Å²) in [6.45, 7) is 6.59. The molecular weight excluding hydrogens is 392 g/mol. The molecule has 152 valence electrons. The van der Waals surface area contributed by atoms with Gasteiger partial charge in [-0.15, -0.1) is 0 Å². The summed E-state index contributed by atoms with van der Waals surface area (Å²) in [7, 11) is 0. The Morgan fingerprint density at radius 3 is 2.59 bits per heavy atom. The molecule has 0 saturated carbocycles. The number of amides is 2. The van der Waals surface area contributed by atoms with E-state index in [1.165, 1.54) is 6.08 Å². The topological polar surface area (TPSA) is 76.7 Å². The number of ether oxygens (including phenoxy) is 2. The van der Waals surface area contributed by atoms with Crippen molar-refractivity contribution >= 4 is 35.2 Å². The first-order chi connectivity index (χ1) is 13.7. The molecule has 0 spiro atoms. The maximum Gasteiger partial charge on any atom is 0.253 e. The zero-order chi connectivity index (χ0) is 21.0. The number of benzene rings is 2. The van der Waals surface area contributed by atoms with Gasteiger partial charge < -0.3 is 20.1 Å². The van der Waals surface area contributed by atoms with Gasteiger partial charge in [-0.2, -0.15) is 0 Å². The second kappa shape index (κ2) is 8.57. The SMILES string of the molecule is CC(C)(C)NC(=O)c1ccccc1NC(=O)C=Cc1cc(Cl)c2c(c1)OCCO2. The lowest BCUT2D eigenvalue weighted by atomic mass is 10.1. The largest absolute Gasteiger partial charge is 0.486 e. The van der Waals surface area contributed by atoms with E-state index in [4.69, 9.17) is 21.1 Å². The van der Waals surface area contributed by atoms with E-state index in [-0.39, 0.29) is 17.4 Å². The van der Waals surface area contributed by atoms with Gasteiger partial charge in [0.2, 0.25) is 5.91 Å². The van der Waals surface area contributed by atoms with E-state index >= 15 is 0 Å². The highest BCUT2D eigenvalue weighted by molar-refractivity contribution is 6.32. The van der Waals surface area contributed by atoms with Gasteiger partial charge >= 0.3 is 0 Å². The van der Waals surface area contributed by atoms with Crippen LogP contribution < -0.4 is 20.1 Å². The van der Waals surface area contributed by atoms with Gasteiger partial charge in [0.05, 0.1) is 16.3 Å².